The van der Waals surface area contributed by atoms with Crippen LogP contribution in [0.2, 0.25) is 5.02 Å². The molecule has 0 aliphatic carbocycles. The Labute approximate surface area is 101 Å². The lowest BCUT2D eigenvalue weighted by molar-refractivity contribution is 0.451. The molecule has 0 saturated carbocycles. The van der Waals surface area contributed by atoms with Gasteiger partial charge in [0.1, 0.15) is 11.9 Å². The Bertz CT molecular complexity index is 674. The van der Waals surface area contributed by atoms with Gasteiger partial charge in [-0.2, -0.15) is 0 Å². The van der Waals surface area contributed by atoms with Crippen molar-refractivity contribution in [3.8, 4) is 0 Å². The molecule has 3 aromatic rings. The third-order valence-electron chi connectivity index (χ3n) is 2.26. The minimum Gasteiger partial charge on any atom is -0.440 e. The molecule has 86 valence electrons. The van der Waals surface area contributed by atoms with E-state index < -0.39 is 0 Å². The topological polar surface area (TPSA) is 65.0 Å². The molecule has 0 bridgehead atoms. The van der Waals surface area contributed by atoms with Gasteiger partial charge in [0.15, 0.2) is 5.58 Å². The van der Waals surface area contributed by atoms with E-state index in [1.54, 1.807) is 25.1 Å². The zero-order valence-electron chi connectivity index (χ0n) is 8.98. The van der Waals surface area contributed by atoms with Crippen LogP contribution in [0.1, 0.15) is 17.7 Å². The van der Waals surface area contributed by atoms with E-state index in [-0.39, 0.29) is 0 Å². The highest BCUT2D eigenvalue weighted by Gasteiger charge is 2.10. The van der Waals surface area contributed by atoms with Gasteiger partial charge in [0, 0.05) is 11.9 Å². The van der Waals surface area contributed by atoms with Crippen molar-refractivity contribution >= 4 is 22.7 Å². The van der Waals surface area contributed by atoms with Gasteiger partial charge in [-0.3, -0.25) is 0 Å². The summed E-state index contributed by atoms with van der Waals surface area (Å²) in [7, 11) is 0. The molecule has 0 spiro atoms. The number of hydrogen-bond donors (Lipinski definition) is 0. The second kappa shape index (κ2) is 3.85. The van der Waals surface area contributed by atoms with Gasteiger partial charge in [0.2, 0.25) is 17.7 Å². The van der Waals surface area contributed by atoms with Crippen LogP contribution in [-0.2, 0) is 6.42 Å². The predicted octanol–water partition coefficient (Wildman–Crippen LogP) is 2.76. The van der Waals surface area contributed by atoms with Crippen molar-refractivity contribution in [1.29, 1.82) is 0 Å². The third-order valence-corrected chi connectivity index (χ3v) is 2.50. The molecule has 0 saturated heterocycles. The minimum absolute atomic E-state index is 0.382. The van der Waals surface area contributed by atoms with E-state index in [0.717, 1.165) is 5.52 Å². The first-order valence-electron chi connectivity index (χ1n) is 5.05. The maximum Gasteiger partial charge on any atom is 0.225 e. The number of hydrogen-bond acceptors (Lipinski definition) is 5. The van der Waals surface area contributed by atoms with Gasteiger partial charge in [-0.1, -0.05) is 11.6 Å². The smallest absolute Gasteiger partial charge is 0.225 e. The Kier molecular flexibility index (Phi) is 2.33. The molecule has 0 N–H and O–H groups in total. The maximum absolute atomic E-state index is 5.87. The van der Waals surface area contributed by atoms with Crippen molar-refractivity contribution in [2.75, 3.05) is 0 Å². The van der Waals surface area contributed by atoms with E-state index in [1.165, 1.54) is 0 Å². The van der Waals surface area contributed by atoms with E-state index in [2.05, 4.69) is 15.2 Å². The monoisotopic (exact) mass is 249 g/mol. The highest BCUT2D eigenvalue weighted by molar-refractivity contribution is 6.31. The van der Waals surface area contributed by atoms with E-state index in [9.17, 15) is 0 Å². The number of nitrogens with zero attached hydrogens (tertiary/aromatic N) is 3. The van der Waals surface area contributed by atoms with Gasteiger partial charge < -0.3 is 8.83 Å². The van der Waals surface area contributed by atoms with Crippen LogP contribution in [0, 0.1) is 6.92 Å². The molecule has 0 aliphatic heterocycles. The van der Waals surface area contributed by atoms with Crippen molar-refractivity contribution in [3.05, 3.63) is 40.9 Å². The SMILES string of the molecule is Cc1nnc(Cc2nc3cc(Cl)ccc3o2)o1. The van der Waals surface area contributed by atoms with E-state index in [1.807, 2.05) is 0 Å². The summed E-state index contributed by atoms with van der Waals surface area (Å²) in [5.41, 5.74) is 1.42. The lowest BCUT2D eigenvalue weighted by atomic mass is 10.3. The zero-order valence-corrected chi connectivity index (χ0v) is 9.73. The van der Waals surface area contributed by atoms with Crippen molar-refractivity contribution < 1.29 is 8.83 Å². The molecule has 0 atom stereocenters. The molecule has 0 unspecified atom stereocenters. The molecule has 0 amide bonds. The largest absolute Gasteiger partial charge is 0.440 e. The first kappa shape index (κ1) is 10.3. The summed E-state index contributed by atoms with van der Waals surface area (Å²) in [5, 5.41) is 8.26. The number of oxazole rings is 1. The molecule has 6 heteroatoms. The normalized spacial score (nSPS) is 11.2. The van der Waals surface area contributed by atoms with Crippen LogP contribution in [0.5, 0.6) is 0 Å². The molecule has 5 nitrogen and oxygen atoms in total. The summed E-state index contributed by atoms with van der Waals surface area (Å²) in [6.07, 6.45) is 0.382. The summed E-state index contributed by atoms with van der Waals surface area (Å²) >= 11 is 5.87. The average Bonchev–Trinajstić information content (AvgIpc) is 2.84. The third kappa shape index (κ3) is 2.01. The fourth-order valence-corrected chi connectivity index (χ4v) is 1.73. The van der Waals surface area contributed by atoms with Gasteiger partial charge in [0.05, 0.1) is 0 Å². The van der Waals surface area contributed by atoms with Crippen LogP contribution in [0.3, 0.4) is 0 Å². The Morgan fingerprint density at radius 3 is 2.82 bits per heavy atom. The van der Waals surface area contributed by atoms with Gasteiger partial charge >= 0.3 is 0 Å². The quantitative estimate of drug-likeness (QED) is 0.699. The fourth-order valence-electron chi connectivity index (χ4n) is 1.56. The van der Waals surface area contributed by atoms with Crippen LogP contribution in [-0.4, -0.2) is 15.2 Å². The number of halogens is 1. The van der Waals surface area contributed by atoms with E-state index >= 15 is 0 Å². The predicted molar refractivity (Wildman–Crippen MR) is 60.9 cm³/mol. The van der Waals surface area contributed by atoms with Gasteiger partial charge in [-0.05, 0) is 18.2 Å². The number of rotatable bonds is 2. The van der Waals surface area contributed by atoms with Gasteiger partial charge in [-0.15, -0.1) is 10.2 Å². The lowest BCUT2D eigenvalue weighted by Gasteiger charge is -1.87. The van der Waals surface area contributed by atoms with Crippen LogP contribution in [0.15, 0.2) is 27.0 Å². The highest BCUT2D eigenvalue weighted by Crippen LogP contribution is 2.21. The van der Waals surface area contributed by atoms with E-state index in [4.69, 9.17) is 20.4 Å². The number of benzene rings is 1. The molecule has 0 fully saturated rings. The fraction of sp³-hybridized carbons (Fsp3) is 0.182. The van der Waals surface area contributed by atoms with Crippen LogP contribution in [0.25, 0.3) is 11.1 Å². The van der Waals surface area contributed by atoms with Crippen LogP contribution in [0.4, 0.5) is 0 Å². The van der Waals surface area contributed by atoms with Gasteiger partial charge in [-0.25, -0.2) is 4.98 Å². The average molecular weight is 250 g/mol. The molecule has 2 aromatic heterocycles. The van der Waals surface area contributed by atoms with Crippen molar-refractivity contribution in [2.45, 2.75) is 13.3 Å². The number of aromatic nitrogens is 3. The number of fused-ring (bicyclic) bond motifs is 1. The van der Waals surface area contributed by atoms with Crippen LogP contribution < -0.4 is 0 Å². The molecule has 0 aliphatic rings. The molecule has 1 aromatic carbocycles. The highest BCUT2D eigenvalue weighted by atomic mass is 35.5. The standard InChI is InChI=1S/C11H8ClN3O2/c1-6-14-15-11(16-6)5-10-13-8-4-7(12)2-3-9(8)17-10/h2-4H,5H2,1H3. The molecule has 0 radical (unpaired) electrons. The maximum atomic E-state index is 5.87. The van der Waals surface area contributed by atoms with E-state index in [0.29, 0.717) is 34.7 Å². The molecular weight excluding hydrogens is 242 g/mol. The first-order chi connectivity index (χ1) is 8.20. The minimum atomic E-state index is 0.382. The Morgan fingerprint density at radius 2 is 2.06 bits per heavy atom. The van der Waals surface area contributed by atoms with Crippen molar-refractivity contribution in [2.24, 2.45) is 0 Å². The molecule has 3 rings (SSSR count). The Hall–Kier alpha value is -1.88. The zero-order chi connectivity index (χ0) is 11.8. The summed E-state index contributed by atoms with van der Waals surface area (Å²) in [6.45, 7) is 1.74. The summed E-state index contributed by atoms with van der Waals surface area (Å²) < 4.78 is 10.8. The second-order valence-electron chi connectivity index (χ2n) is 3.61. The van der Waals surface area contributed by atoms with Gasteiger partial charge in [0.25, 0.3) is 0 Å². The first-order valence-corrected chi connectivity index (χ1v) is 5.42. The van der Waals surface area contributed by atoms with Crippen molar-refractivity contribution in [1.82, 2.24) is 15.2 Å². The lowest BCUT2D eigenvalue weighted by Crippen LogP contribution is -1.87. The Morgan fingerprint density at radius 1 is 1.18 bits per heavy atom. The number of aryl methyl sites for hydroxylation is 1. The summed E-state index contributed by atoms with van der Waals surface area (Å²) in [4.78, 5) is 4.30. The molecule has 2 heterocycles. The summed E-state index contributed by atoms with van der Waals surface area (Å²) in [6, 6.07) is 5.30. The molecular formula is C11H8ClN3O2. The summed E-state index contributed by atoms with van der Waals surface area (Å²) in [5.74, 6) is 1.55. The molecule has 17 heavy (non-hydrogen) atoms. The van der Waals surface area contributed by atoms with Crippen molar-refractivity contribution in [3.63, 3.8) is 0 Å². The Balaban J connectivity index is 1.95. The second-order valence-corrected chi connectivity index (χ2v) is 4.05. The van der Waals surface area contributed by atoms with Crippen LogP contribution >= 0.6 is 11.6 Å².